The number of anilines is 1. The highest BCUT2D eigenvalue weighted by Gasteiger charge is 2.30. The molecule has 0 aliphatic heterocycles. The van der Waals surface area contributed by atoms with Gasteiger partial charge in [-0.25, -0.2) is 4.98 Å². The van der Waals surface area contributed by atoms with Crippen molar-refractivity contribution in [3.05, 3.63) is 45.5 Å². The molecule has 0 bridgehead atoms. The predicted octanol–water partition coefficient (Wildman–Crippen LogP) is 3.76. The van der Waals surface area contributed by atoms with Gasteiger partial charge in [-0.3, -0.25) is 4.79 Å². The van der Waals surface area contributed by atoms with E-state index in [4.69, 9.17) is 11.6 Å². The van der Waals surface area contributed by atoms with Crippen molar-refractivity contribution >= 4 is 17.3 Å². The van der Waals surface area contributed by atoms with Crippen molar-refractivity contribution in [3.63, 3.8) is 0 Å². The van der Waals surface area contributed by atoms with Gasteiger partial charge >= 0.3 is 6.18 Å². The Kier molecular flexibility index (Phi) is 5.17. The molecular formula is C15H16ClF3N4O. The van der Waals surface area contributed by atoms with Crippen LogP contribution in [0.25, 0.3) is 5.82 Å². The van der Waals surface area contributed by atoms with Gasteiger partial charge < -0.3 is 5.32 Å². The third-order valence-electron chi connectivity index (χ3n) is 3.59. The summed E-state index contributed by atoms with van der Waals surface area (Å²) in [5.74, 6) is 0.262. The second kappa shape index (κ2) is 6.80. The van der Waals surface area contributed by atoms with Crippen molar-refractivity contribution in [1.82, 2.24) is 14.8 Å². The van der Waals surface area contributed by atoms with Crippen molar-refractivity contribution in [2.45, 2.75) is 33.0 Å². The molecule has 2 aromatic rings. The maximum atomic E-state index is 12.6. The molecule has 0 saturated heterocycles. The first-order valence-electron chi connectivity index (χ1n) is 7.19. The minimum atomic E-state index is -4.50. The Hall–Kier alpha value is -2.09. The Morgan fingerprint density at radius 3 is 2.38 bits per heavy atom. The summed E-state index contributed by atoms with van der Waals surface area (Å²) in [5.41, 5.74) is -1.20. The van der Waals surface area contributed by atoms with E-state index in [0.29, 0.717) is 17.8 Å². The lowest BCUT2D eigenvalue weighted by Gasteiger charge is -2.19. The summed E-state index contributed by atoms with van der Waals surface area (Å²) in [6.45, 7) is 5.95. The van der Waals surface area contributed by atoms with Gasteiger partial charge in [0.25, 0.3) is 5.56 Å². The minimum Gasteiger partial charge on any atom is -0.380 e. The number of halogens is 4. The van der Waals surface area contributed by atoms with E-state index in [1.165, 1.54) is 6.20 Å². The molecule has 0 fully saturated rings. The summed E-state index contributed by atoms with van der Waals surface area (Å²) >= 11 is 6.06. The molecule has 0 aliphatic rings. The van der Waals surface area contributed by atoms with Gasteiger partial charge in [-0.15, -0.1) is 0 Å². The standard InChI is InChI=1S/C15H16ClF3N4O/c1-8(2)9(3)22-11-7-21-23(14(24)13(11)16)12-5-4-10(6-20-12)15(17,18)19/h4-9,22H,1-3H3/t9-/m0/s1. The Morgan fingerprint density at radius 1 is 1.21 bits per heavy atom. The number of nitrogens with one attached hydrogen (secondary N) is 1. The van der Waals surface area contributed by atoms with Crippen LogP contribution in [0.15, 0.2) is 29.3 Å². The Balaban J connectivity index is 2.36. The highest BCUT2D eigenvalue weighted by molar-refractivity contribution is 6.32. The molecule has 2 aromatic heterocycles. The summed E-state index contributed by atoms with van der Waals surface area (Å²) in [6.07, 6.45) is -2.51. The smallest absolute Gasteiger partial charge is 0.380 e. The van der Waals surface area contributed by atoms with Gasteiger partial charge in [0.1, 0.15) is 5.02 Å². The largest absolute Gasteiger partial charge is 0.417 e. The molecule has 130 valence electrons. The van der Waals surface area contributed by atoms with Gasteiger partial charge in [-0.1, -0.05) is 25.4 Å². The van der Waals surface area contributed by atoms with Crippen LogP contribution in [0.1, 0.15) is 26.3 Å². The summed E-state index contributed by atoms with van der Waals surface area (Å²) in [6, 6.07) is 1.96. The van der Waals surface area contributed by atoms with Gasteiger partial charge in [0, 0.05) is 12.2 Å². The number of pyridine rings is 1. The molecule has 1 atom stereocenters. The first-order valence-corrected chi connectivity index (χ1v) is 7.57. The van der Waals surface area contributed by atoms with E-state index < -0.39 is 17.3 Å². The molecule has 0 unspecified atom stereocenters. The average molecular weight is 361 g/mol. The van der Waals surface area contributed by atoms with E-state index in [1.54, 1.807) is 0 Å². The quantitative estimate of drug-likeness (QED) is 0.902. The van der Waals surface area contributed by atoms with Crippen LogP contribution in [0.5, 0.6) is 0 Å². The van der Waals surface area contributed by atoms with Gasteiger partial charge in [-0.05, 0) is 25.0 Å². The van der Waals surface area contributed by atoms with E-state index in [2.05, 4.69) is 15.4 Å². The maximum Gasteiger partial charge on any atom is 0.417 e. The minimum absolute atomic E-state index is 0.0432. The SMILES string of the molecule is CC(C)[C@H](C)Nc1cnn(-c2ccc(C(F)(F)F)cn2)c(=O)c1Cl. The zero-order chi connectivity index (χ0) is 18.1. The monoisotopic (exact) mass is 360 g/mol. The zero-order valence-electron chi connectivity index (χ0n) is 13.2. The van der Waals surface area contributed by atoms with E-state index in [0.717, 1.165) is 16.8 Å². The second-order valence-electron chi connectivity index (χ2n) is 5.67. The summed E-state index contributed by atoms with van der Waals surface area (Å²) in [5, 5.41) is 6.91. The molecule has 2 heterocycles. The molecular weight excluding hydrogens is 345 g/mol. The molecule has 0 spiro atoms. The summed E-state index contributed by atoms with van der Waals surface area (Å²) in [4.78, 5) is 15.9. The molecule has 1 N–H and O–H groups in total. The van der Waals surface area contributed by atoms with Crippen LogP contribution in [-0.2, 0) is 6.18 Å². The van der Waals surface area contributed by atoms with Gasteiger partial charge in [-0.2, -0.15) is 23.0 Å². The van der Waals surface area contributed by atoms with E-state index >= 15 is 0 Å². The fraction of sp³-hybridized carbons (Fsp3) is 0.400. The van der Waals surface area contributed by atoms with Crippen LogP contribution in [-0.4, -0.2) is 20.8 Å². The Labute approximate surface area is 141 Å². The fourth-order valence-corrected chi connectivity index (χ4v) is 1.97. The van der Waals surface area contributed by atoms with Crippen molar-refractivity contribution in [1.29, 1.82) is 0 Å². The predicted molar refractivity (Wildman–Crippen MR) is 85.6 cm³/mol. The normalized spacial score (nSPS) is 13.2. The zero-order valence-corrected chi connectivity index (χ0v) is 14.0. The van der Waals surface area contributed by atoms with E-state index in [-0.39, 0.29) is 16.9 Å². The van der Waals surface area contributed by atoms with Gasteiger partial charge in [0.15, 0.2) is 5.82 Å². The molecule has 0 aliphatic carbocycles. The fourth-order valence-electron chi connectivity index (χ4n) is 1.79. The van der Waals surface area contributed by atoms with E-state index in [1.807, 2.05) is 20.8 Å². The van der Waals surface area contributed by atoms with Crippen LogP contribution in [0.2, 0.25) is 5.02 Å². The lowest BCUT2D eigenvalue weighted by Crippen LogP contribution is -2.27. The van der Waals surface area contributed by atoms with Crippen molar-refractivity contribution < 1.29 is 13.2 Å². The molecule has 0 radical (unpaired) electrons. The second-order valence-corrected chi connectivity index (χ2v) is 6.05. The topological polar surface area (TPSA) is 59.8 Å². The maximum absolute atomic E-state index is 12.6. The van der Waals surface area contributed by atoms with Crippen LogP contribution >= 0.6 is 11.6 Å². The summed E-state index contributed by atoms with van der Waals surface area (Å²) < 4.78 is 38.5. The van der Waals surface area contributed by atoms with Crippen LogP contribution < -0.4 is 10.9 Å². The molecule has 2 rings (SSSR count). The molecule has 0 aromatic carbocycles. The number of rotatable bonds is 4. The number of alkyl halides is 3. The summed E-state index contributed by atoms with van der Waals surface area (Å²) in [7, 11) is 0. The number of hydrogen-bond acceptors (Lipinski definition) is 4. The Morgan fingerprint density at radius 2 is 1.88 bits per heavy atom. The first kappa shape index (κ1) is 18.3. The molecule has 0 saturated carbocycles. The first-order chi connectivity index (χ1) is 11.1. The van der Waals surface area contributed by atoms with Crippen molar-refractivity contribution in [3.8, 4) is 5.82 Å². The highest BCUT2D eigenvalue weighted by atomic mass is 35.5. The molecule has 24 heavy (non-hydrogen) atoms. The number of hydrogen-bond donors (Lipinski definition) is 1. The van der Waals surface area contributed by atoms with Crippen molar-refractivity contribution in [2.75, 3.05) is 5.32 Å². The van der Waals surface area contributed by atoms with Crippen LogP contribution in [0, 0.1) is 5.92 Å². The highest BCUT2D eigenvalue weighted by Crippen LogP contribution is 2.28. The third-order valence-corrected chi connectivity index (χ3v) is 3.96. The van der Waals surface area contributed by atoms with Crippen molar-refractivity contribution in [2.24, 2.45) is 5.92 Å². The van der Waals surface area contributed by atoms with Gasteiger partial charge in [0.05, 0.1) is 17.4 Å². The third kappa shape index (κ3) is 3.87. The molecule has 5 nitrogen and oxygen atoms in total. The van der Waals surface area contributed by atoms with Crippen LogP contribution in [0.3, 0.4) is 0 Å². The molecule has 0 amide bonds. The lowest BCUT2D eigenvalue weighted by atomic mass is 10.1. The van der Waals surface area contributed by atoms with E-state index in [9.17, 15) is 18.0 Å². The number of aromatic nitrogens is 3. The lowest BCUT2D eigenvalue weighted by molar-refractivity contribution is -0.137. The van der Waals surface area contributed by atoms with Gasteiger partial charge in [0.2, 0.25) is 0 Å². The number of nitrogens with zero attached hydrogens (tertiary/aromatic N) is 3. The average Bonchev–Trinajstić information content (AvgIpc) is 2.51. The Bertz CT molecular complexity index is 772. The van der Waals surface area contributed by atoms with Crippen LogP contribution in [0.4, 0.5) is 18.9 Å². The molecule has 9 heteroatoms.